The van der Waals surface area contributed by atoms with Gasteiger partial charge in [0.2, 0.25) is 0 Å². The molecular weight excluding hydrogens is 227 g/mol. The Morgan fingerprint density at radius 1 is 1.41 bits per heavy atom. The number of carbonyl (C=O) groups is 2. The number of rotatable bonds is 3. The van der Waals surface area contributed by atoms with E-state index in [1.165, 1.54) is 0 Å². The lowest BCUT2D eigenvalue weighted by Gasteiger charge is -2.11. The average molecular weight is 238 g/mol. The number of carbonyl (C=O) groups excluding carboxylic acids is 2. The lowest BCUT2D eigenvalue weighted by Crippen LogP contribution is -2.25. The summed E-state index contributed by atoms with van der Waals surface area (Å²) in [4.78, 5) is 22.3. The fourth-order valence-electron chi connectivity index (χ4n) is 1.54. The minimum absolute atomic E-state index is 0.249. The van der Waals surface area contributed by atoms with Crippen LogP contribution in [0.3, 0.4) is 0 Å². The second-order valence-corrected chi connectivity index (χ2v) is 3.71. The van der Waals surface area contributed by atoms with Crippen molar-refractivity contribution >= 4 is 11.9 Å². The topological polar surface area (TPSA) is 52.6 Å². The summed E-state index contributed by atoms with van der Waals surface area (Å²) >= 11 is 0. The lowest BCUT2D eigenvalue weighted by atomic mass is 10.2. The van der Waals surface area contributed by atoms with Gasteiger partial charge in [-0.15, -0.1) is 0 Å². The molecule has 2 atom stereocenters. The number of esters is 2. The molecule has 90 valence electrons. The molecule has 0 N–H and O–H groups in total. The second-order valence-electron chi connectivity index (χ2n) is 3.71. The molecule has 1 heterocycles. The molecule has 1 aromatic carbocycles. The van der Waals surface area contributed by atoms with E-state index in [-0.39, 0.29) is 13.0 Å². The van der Waals surface area contributed by atoms with Crippen LogP contribution in [0.15, 0.2) is 30.3 Å². The van der Waals surface area contributed by atoms with Gasteiger partial charge in [-0.2, -0.15) is 0 Å². The van der Waals surface area contributed by atoms with Crippen molar-refractivity contribution in [3.05, 3.63) is 35.9 Å². The van der Waals surface area contributed by atoms with Crippen LogP contribution in [-0.4, -0.2) is 30.8 Å². The maximum atomic E-state index is 13.2. The zero-order valence-corrected chi connectivity index (χ0v) is 8.97. The van der Waals surface area contributed by atoms with Crippen molar-refractivity contribution in [1.29, 1.82) is 0 Å². The molecule has 0 spiro atoms. The predicted molar refractivity (Wildman–Crippen MR) is 56.1 cm³/mol. The van der Waals surface area contributed by atoms with Gasteiger partial charge < -0.3 is 9.47 Å². The van der Waals surface area contributed by atoms with Gasteiger partial charge in [-0.3, -0.25) is 4.79 Å². The van der Waals surface area contributed by atoms with E-state index < -0.39 is 24.2 Å². The van der Waals surface area contributed by atoms with Crippen molar-refractivity contribution in [2.45, 2.75) is 18.7 Å². The van der Waals surface area contributed by atoms with Gasteiger partial charge in [-0.05, 0) is 12.1 Å². The Morgan fingerprint density at radius 2 is 2.12 bits per heavy atom. The quantitative estimate of drug-likeness (QED) is 0.749. The van der Waals surface area contributed by atoms with Gasteiger partial charge in [-0.25, -0.2) is 9.18 Å². The summed E-state index contributed by atoms with van der Waals surface area (Å²) in [5.41, 5.74) is 0.382. The molecule has 1 saturated heterocycles. The standard InChI is InChI=1S/C12H11FO4/c13-9-6-11(14)17-10(9)7-16-12(15)8-4-2-1-3-5-8/h1-5,9-10H,6-7H2/t9-,10+/m0/s1. The maximum Gasteiger partial charge on any atom is 0.338 e. The summed E-state index contributed by atoms with van der Waals surface area (Å²) in [7, 11) is 0. The molecule has 1 aromatic rings. The molecule has 0 bridgehead atoms. The molecule has 0 aromatic heterocycles. The van der Waals surface area contributed by atoms with Crippen LogP contribution in [0.4, 0.5) is 4.39 Å². The molecule has 4 nitrogen and oxygen atoms in total. The van der Waals surface area contributed by atoms with Crippen molar-refractivity contribution in [2.75, 3.05) is 6.61 Å². The first-order chi connectivity index (χ1) is 8.16. The third kappa shape index (κ3) is 2.81. The van der Waals surface area contributed by atoms with Gasteiger partial charge in [0.15, 0.2) is 12.3 Å². The normalized spacial score (nSPS) is 23.2. The Bertz CT molecular complexity index is 418. The van der Waals surface area contributed by atoms with Crippen LogP contribution in [0.25, 0.3) is 0 Å². The molecule has 0 amide bonds. The lowest BCUT2D eigenvalue weighted by molar-refractivity contribution is -0.143. The highest BCUT2D eigenvalue weighted by Gasteiger charge is 2.35. The summed E-state index contributed by atoms with van der Waals surface area (Å²) in [6.45, 7) is -0.249. The first-order valence-electron chi connectivity index (χ1n) is 5.22. The predicted octanol–water partition coefficient (Wildman–Crippen LogP) is 1.50. The van der Waals surface area contributed by atoms with Crippen LogP contribution < -0.4 is 0 Å². The van der Waals surface area contributed by atoms with Crippen molar-refractivity contribution in [3.8, 4) is 0 Å². The number of alkyl halides is 1. The summed E-state index contributed by atoms with van der Waals surface area (Å²) in [5.74, 6) is -1.15. The molecule has 0 radical (unpaired) electrons. The fraction of sp³-hybridized carbons (Fsp3) is 0.333. The molecule has 0 aliphatic carbocycles. The Hall–Kier alpha value is -1.91. The molecule has 17 heavy (non-hydrogen) atoms. The number of hydrogen-bond donors (Lipinski definition) is 0. The van der Waals surface area contributed by atoms with E-state index in [1.54, 1.807) is 30.3 Å². The van der Waals surface area contributed by atoms with Crippen molar-refractivity contribution < 1.29 is 23.5 Å². The summed E-state index contributed by atoms with van der Waals surface area (Å²) < 4.78 is 22.7. The van der Waals surface area contributed by atoms with E-state index in [4.69, 9.17) is 4.74 Å². The van der Waals surface area contributed by atoms with Gasteiger partial charge in [0.05, 0.1) is 12.0 Å². The van der Waals surface area contributed by atoms with Crippen molar-refractivity contribution in [2.24, 2.45) is 0 Å². The average Bonchev–Trinajstić information content (AvgIpc) is 2.66. The molecule has 1 aliphatic heterocycles. The van der Waals surface area contributed by atoms with E-state index in [1.807, 2.05) is 0 Å². The van der Waals surface area contributed by atoms with E-state index in [0.29, 0.717) is 5.56 Å². The number of halogens is 1. The minimum Gasteiger partial charge on any atom is -0.458 e. The Morgan fingerprint density at radius 3 is 2.71 bits per heavy atom. The van der Waals surface area contributed by atoms with Crippen LogP contribution in [0, 0.1) is 0 Å². The van der Waals surface area contributed by atoms with Gasteiger partial charge in [0.25, 0.3) is 0 Å². The largest absolute Gasteiger partial charge is 0.458 e. The minimum atomic E-state index is -1.40. The molecule has 0 unspecified atom stereocenters. The monoisotopic (exact) mass is 238 g/mol. The Balaban J connectivity index is 1.87. The van der Waals surface area contributed by atoms with Gasteiger partial charge in [0, 0.05) is 0 Å². The Kier molecular flexibility index (Phi) is 3.37. The summed E-state index contributed by atoms with van der Waals surface area (Å²) in [6, 6.07) is 8.35. The van der Waals surface area contributed by atoms with E-state index in [9.17, 15) is 14.0 Å². The third-order valence-corrected chi connectivity index (χ3v) is 2.44. The zero-order chi connectivity index (χ0) is 12.3. The highest BCUT2D eigenvalue weighted by Crippen LogP contribution is 2.18. The smallest absolute Gasteiger partial charge is 0.338 e. The molecule has 1 aliphatic rings. The first kappa shape index (κ1) is 11.6. The van der Waals surface area contributed by atoms with Crippen LogP contribution in [0.2, 0.25) is 0 Å². The summed E-state index contributed by atoms with van der Waals surface area (Å²) in [5, 5.41) is 0. The van der Waals surface area contributed by atoms with Crippen molar-refractivity contribution in [1.82, 2.24) is 0 Å². The number of benzene rings is 1. The van der Waals surface area contributed by atoms with Crippen LogP contribution in [0.5, 0.6) is 0 Å². The number of hydrogen-bond acceptors (Lipinski definition) is 4. The van der Waals surface area contributed by atoms with Gasteiger partial charge >= 0.3 is 11.9 Å². The summed E-state index contributed by atoms with van der Waals surface area (Å²) in [6.07, 6.45) is -2.64. The van der Waals surface area contributed by atoms with Crippen LogP contribution >= 0.6 is 0 Å². The fourth-order valence-corrected chi connectivity index (χ4v) is 1.54. The van der Waals surface area contributed by atoms with Gasteiger partial charge in [-0.1, -0.05) is 18.2 Å². The molecule has 5 heteroatoms. The van der Waals surface area contributed by atoms with E-state index >= 15 is 0 Å². The molecular formula is C12H11FO4. The van der Waals surface area contributed by atoms with Crippen LogP contribution in [0.1, 0.15) is 16.8 Å². The number of cyclic esters (lactones) is 1. The molecule has 1 fully saturated rings. The third-order valence-electron chi connectivity index (χ3n) is 2.44. The van der Waals surface area contributed by atoms with E-state index in [0.717, 1.165) is 0 Å². The molecule has 0 saturated carbocycles. The maximum absolute atomic E-state index is 13.2. The second kappa shape index (κ2) is 4.95. The Labute approximate surface area is 97.3 Å². The van der Waals surface area contributed by atoms with Gasteiger partial charge in [0.1, 0.15) is 6.61 Å². The number of ether oxygens (including phenoxy) is 2. The van der Waals surface area contributed by atoms with Crippen molar-refractivity contribution in [3.63, 3.8) is 0 Å². The zero-order valence-electron chi connectivity index (χ0n) is 8.97. The first-order valence-corrected chi connectivity index (χ1v) is 5.22. The highest BCUT2D eigenvalue weighted by atomic mass is 19.1. The van der Waals surface area contributed by atoms with E-state index in [2.05, 4.69) is 4.74 Å². The molecule has 2 rings (SSSR count). The van der Waals surface area contributed by atoms with Crippen LogP contribution in [-0.2, 0) is 14.3 Å². The SMILES string of the molecule is O=C1C[C@H](F)[C@@H](COC(=O)c2ccccc2)O1. The highest BCUT2D eigenvalue weighted by molar-refractivity contribution is 5.89.